The Bertz CT molecular complexity index is 832. The molecule has 1 heterocycles. The maximum atomic E-state index is 11.9. The molecule has 0 fully saturated rings. The van der Waals surface area contributed by atoms with Crippen LogP contribution in [-0.2, 0) is 0 Å². The molecule has 0 saturated heterocycles. The van der Waals surface area contributed by atoms with E-state index < -0.39 is 16.4 Å². The highest BCUT2D eigenvalue weighted by Gasteiger charge is 2.09. The van der Waals surface area contributed by atoms with Gasteiger partial charge < -0.3 is 4.98 Å². The number of nitrogens with one attached hydrogen (secondary N) is 2. The Morgan fingerprint density at radius 1 is 1.46 bits per heavy atom. The number of nitro groups is 1. The summed E-state index contributed by atoms with van der Waals surface area (Å²) in [6.45, 7) is 1.89. The third-order valence-electron chi connectivity index (χ3n) is 2.72. The van der Waals surface area contributed by atoms with Crippen molar-refractivity contribution in [1.82, 2.24) is 15.4 Å². The summed E-state index contributed by atoms with van der Waals surface area (Å²) in [5.41, 5.74) is 2.32. The Balaban J connectivity index is 2.04. The van der Waals surface area contributed by atoms with Gasteiger partial charge in [-0.25, -0.2) is 10.4 Å². The summed E-state index contributed by atoms with van der Waals surface area (Å²) in [6, 6.07) is 6.73. The second-order valence-electron chi connectivity index (χ2n) is 4.42. The van der Waals surface area contributed by atoms with Crippen LogP contribution in [0.1, 0.15) is 23.0 Å². The van der Waals surface area contributed by atoms with Crippen LogP contribution < -0.4 is 11.0 Å². The Kier molecular flexibility index (Phi) is 5.79. The van der Waals surface area contributed by atoms with Gasteiger partial charge in [-0.3, -0.25) is 19.7 Å². The van der Waals surface area contributed by atoms with Crippen molar-refractivity contribution in [2.45, 2.75) is 12.1 Å². The van der Waals surface area contributed by atoms with Gasteiger partial charge in [-0.1, -0.05) is 18.7 Å². The highest BCUT2D eigenvalue weighted by Crippen LogP contribution is 2.11. The molecule has 1 aromatic carbocycles. The van der Waals surface area contributed by atoms with E-state index >= 15 is 0 Å². The number of hydrogen-bond donors (Lipinski definition) is 2. The van der Waals surface area contributed by atoms with Crippen molar-refractivity contribution >= 4 is 29.6 Å². The number of carbonyl (C=O) groups is 1. The average molecular weight is 347 g/mol. The summed E-state index contributed by atoms with van der Waals surface area (Å²) in [5.74, 6) is 0.0731. The van der Waals surface area contributed by atoms with E-state index in [0.29, 0.717) is 16.5 Å². The summed E-state index contributed by atoms with van der Waals surface area (Å²) in [6.07, 6.45) is 1.33. The molecule has 10 heteroatoms. The van der Waals surface area contributed by atoms with E-state index in [2.05, 4.69) is 20.5 Å². The van der Waals surface area contributed by atoms with Gasteiger partial charge in [-0.05, 0) is 23.4 Å². The number of aromatic nitrogens is 2. The number of amides is 1. The van der Waals surface area contributed by atoms with Crippen LogP contribution in [0.2, 0.25) is 0 Å². The first-order valence-electron chi connectivity index (χ1n) is 6.81. The van der Waals surface area contributed by atoms with E-state index in [1.807, 2.05) is 6.92 Å². The number of rotatable bonds is 6. The van der Waals surface area contributed by atoms with Crippen molar-refractivity contribution in [1.29, 1.82) is 0 Å². The van der Waals surface area contributed by atoms with Crippen molar-refractivity contribution in [3.63, 3.8) is 0 Å². The molecule has 0 atom stereocenters. The quantitative estimate of drug-likeness (QED) is 0.268. The van der Waals surface area contributed by atoms with Crippen molar-refractivity contribution in [3.05, 3.63) is 62.1 Å². The lowest BCUT2D eigenvalue weighted by molar-refractivity contribution is -0.384. The van der Waals surface area contributed by atoms with Crippen molar-refractivity contribution in [3.8, 4) is 0 Å². The van der Waals surface area contributed by atoms with Crippen LogP contribution in [0.4, 0.5) is 5.69 Å². The standard InChI is InChI=1S/C14H13N5O4S/c1-2-24-14-16-11(7-12(20)17-14)13(21)18-15-8-9-3-5-10(6-4-9)19(22)23/h3-8H,2H2,1H3,(H,18,21)(H,16,17,20)/b15-8-. The van der Waals surface area contributed by atoms with Gasteiger partial charge in [0.1, 0.15) is 5.69 Å². The molecule has 124 valence electrons. The van der Waals surface area contributed by atoms with Crippen LogP contribution in [0.25, 0.3) is 0 Å². The smallest absolute Gasteiger partial charge is 0.290 e. The van der Waals surface area contributed by atoms with E-state index in [4.69, 9.17) is 0 Å². The first kappa shape index (κ1) is 17.3. The van der Waals surface area contributed by atoms with E-state index in [0.717, 1.165) is 6.07 Å². The number of thioether (sulfide) groups is 1. The number of aromatic amines is 1. The minimum absolute atomic E-state index is 0.0372. The molecule has 2 aromatic rings. The first-order valence-corrected chi connectivity index (χ1v) is 7.80. The fourth-order valence-corrected chi connectivity index (χ4v) is 2.27. The Morgan fingerprint density at radius 2 is 2.17 bits per heavy atom. The number of nitrogens with zero attached hydrogens (tertiary/aromatic N) is 3. The van der Waals surface area contributed by atoms with Crippen molar-refractivity contribution < 1.29 is 9.72 Å². The van der Waals surface area contributed by atoms with Crippen LogP contribution >= 0.6 is 11.8 Å². The molecule has 9 nitrogen and oxygen atoms in total. The van der Waals surface area contributed by atoms with E-state index in [1.165, 1.54) is 42.2 Å². The Hall–Kier alpha value is -3.01. The molecule has 0 aliphatic carbocycles. The van der Waals surface area contributed by atoms with Crippen LogP contribution in [0, 0.1) is 10.1 Å². The second kappa shape index (κ2) is 8.02. The lowest BCUT2D eigenvalue weighted by Crippen LogP contribution is -2.22. The normalized spacial score (nSPS) is 10.7. The molecule has 1 aromatic heterocycles. The zero-order valence-electron chi connectivity index (χ0n) is 12.6. The van der Waals surface area contributed by atoms with E-state index in [-0.39, 0.29) is 11.4 Å². The molecule has 2 N–H and O–H groups in total. The van der Waals surface area contributed by atoms with Gasteiger partial charge in [0.2, 0.25) is 0 Å². The Labute approximate surface area is 140 Å². The Morgan fingerprint density at radius 3 is 2.79 bits per heavy atom. The molecule has 24 heavy (non-hydrogen) atoms. The minimum Gasteiger partial charge on any atom is -0.301 e. The molecule has 0 bridgehead atoms. The maximum absolute atomic E-state index is 11.9. The molecule has 1 amide bonds. The van der Waals surface area contributed by atoms with Gasteiger partial charge in [0.15, 0.2) is 5.16 Å². The number of benzene rings is 1. The highest BCUT2D eigenvalue weighted by atomic mass is 32.2. The molecule has 0 spiro atoms. The number of H-pyrrole nitrogens is 1. The lowest BCUT2D eigenvalue weighted by Gasteiger charge is -2.01. The molecule has 0 saturated carbocycles. The molecule has 0 unspecified atom stereocenters. The number of carbonyl (C=O) groups excluding carboxylic acids is 1. The number of non-ortho nitro benzene ring substituents is 1. The van der Waals surface area contributed by atoms with Crippen molar-refractivity contribution in [2.75, 3.05) is 5.75 Å². The SMILES string of the molecule is CCSc1nc(C(=O)N/N=C\c2ccc([N+](=O)[O-])cc2)cc(=O)[nH]1. The zero-order chi connectivity index (χ0) is 17.5. The lowest BCUT2D eigenvalue weighted by atomic mass is 10.2. The topological polar surface area (TPSA) is 130 Å². The molecule has 0 aliphatic heterocycles. The zero-order valence-corrected chi connectivity index (χ0v) is 13.4. The number of hydrazone groups is 1. The predicted molar refractivity (Wildman–Crippen MR) is 89.4 cm³/mol. The molecular weight excluding hydrogens is 334 g/mol. The second-order valence-corrected chi connectivity index (χ2v) is 5.67. The molecule has 0 radical (unpaired) electrons. The summed E-state index contributed by atoms with van der Waals surface area (Å²) in [7, 11) is 0. The summed E-state index contributed by atoms with van der Waals surface area (Å²) in [5, 5.41) is 14.7. The van der Waals surface area contributed by atoms with E-state index in [9.17, 15) is 19.7 Å². The fraction of sp³-hybridized carbons (Fsp3) is 0.143. The maximum Gasteiger partial charge on any atom is 0.290 e. The van der Waals surface area contributed by atoms with Crippen LogP contribution in [0.5, 0.6) is 0 Å². The molecule has 0 aliphatic rings. The van der Waals surface area contributed by atoms with Crippen LogP contribution in [-0.4, -0.2) is 32.8 Å². The largest absolute Gasteiger partial charge is 0.301 e. The van der Waals surface area contributed by atoms with Gasteiger partial charge in [-0.2, -0.15) is 5.10 Å². The summed E-state index contributed by atoms with van der Waals surface area (Å²) < 4.78 is 0. The minimum atomic E-state index is -0.628. The monoisotopic (exact) mass is 347 g/mol. The fourth-order valence-electron chi connectivity index (χ4n) is 1.66. The van der Waals surface area contributed by atoms with Crippen LogP contribution in [0.15, 0.2) is 45.4 Å². The van der Waals surface area contributed by atoms with Gasteiger partial charge in [0, 0.05) is 18.2 Å². The third kappa shape index (κ3) is 4.74. The van der Waals surface area contributed by atoms with Gasteiger partial charge in [-0.15, -0.1) is 0 Å². The van der Waals surface area contributed by atoms with Crippen molar-refractivity contribution in [2.24, 2.45) is 5.10 Å². The summed E-state index contributed by atoms with van der Waals surface area (Å²) >= 11 is 1.31. The number of nitro benzene ring substituents is 1. The molecular formula is C14H13N5O4S. The van der Waals surface area contributed by atoms with E-state index in [1.54, 1.807) is 0 Å². The molecule has 2 rings (SSSR count). The highest BCUT2D eigenvalue weighted by molar-refractivity contribution is 7.99. The average Bonchev–Trinajstić information content (AvgIpc) is 2.55. The first-order chi connectivity index (χ1) is 11.5. The number of hydrogen-bond acceptors (Lipinski definition) is 7. The van der Waals surface area contributed by atoms with Gasteiger partial charge in [0.05, 0.1) is 11.1 Å². The summed E-state index contributed by atoms with van der Waals surface area (Å²) in [4.78, 5) is 40.0. The van der Waals surface area contributed by atoms with Gasteiger partial charge in [0.25, 0.3) is 17.2 Å². The predicted octanol–water partition coefficient (Wildman–Crippen LogP) is 1.55. The van der Waals surface area contributed by atoms with Crippen LogP contribution in [0.3, 0.4) is 0 Å². The van der Waals surface area contributed by atoms with Gasteiger partial charge >= 0.3 is 0 Å². The third-order valence-corrected chi connectivity index (χ3v) is 3.47.